The van der Waals surface area contributed by atoms with Crippen LogP contribution in [0, 0.1) is 5.82 Å². The maximum absolute atomic E-state index is 13.5. The summed E-state index contributed by atoms with van der Waals surface area (Å²) in [5.41, 5.74) is 0.359. The van der Waals surface area contributed by atoms with E-state index in [4.69, 9.17) is 5.11 Å². The first-order valence-electron chi connectivity index (χ1n) is 6.49. The summed E-state index contributed by atoms with van der Waals surface area (Å²) in [6, 6.07) is 6.88. The van der Waals surface area contributed by atoms with Gasteiger partial charge in [-0.05, 0) is 25.3 Å². The Morgan fingerprint density at radius 1 is 1.28 bits per heavy atom. The zero-order valence-corrected chi connectivity index (χ0v) is 10.4. The van der Waals surface area contributed by atoms with Gasteiger partial charge in [0, 0.05) is 24.7 Å². The number of aliphatic hydroxyl groups excluding tert-OH is 2. The van der Waals surface area contributed by atoms with Gasteiger partial charge >= 0.3 is 0 Å². The molecule has 0 bridgehead atoms. The molecule has 1 saturated carbocycles. The molecule has 2 rings (SSSR count). The van der Waals surface area contributed by atoms with E-state index in [-0.39, 0.29) is 12.4 Å². The summed E-state index contributed by atoms with van der Waals surface area (Å²) >= 11 is 0. The zero-order valence-electron chi connectivity index (χ0n) is 10.4. The Morgan fingerprint density at radius 2 is 2.00 bits per heavy atom. The van der Waals surface area contributed by atoms with Crippen LogP contribution >= 0.6 is 0 Å². The Bertz CT molecular complexity index is 382. The third-order valence-electron chi connectivity index (χ3n) is 3.40. The van der Waals surface area contributed by atoms with E-state index in [0.717, 1.165) is 12.8 Å². The zero-order chi connectivity index (χ0) is 13.0. The minimum absolute atomic E-state index is 0.131. The van der Waals surface area contributed by atoms with Gasteiger partial charge in [0.05, 0.1) is 12.7 Å². The number of halogens is 1. The Morgan fingerprint density at radius 3 is 2.61 bits per heavy atom. The molecular weight excluding hydrogens is 233 g/mol. The van der Waals surface area contributed by atoms with E-state index in [2.05, 4.69) is 4.90 Å². The van der Waals surface area contributed by atoms with Gasteiger partial charge in [0.15, 0.2) is 0 Å². The lowest BCUT2D eigenvalue weighted by Gasteiger charge is -2.22. The van der Waals surface area contributed by atoms with E-state index in [1.807, 2.05) is 0 Å². The molecule has 1 fully saturated rings. The van der Waals surface area contributed by atoms with Crippen molar-refractivity contribution in [3.8, 4) is 0 Å². The average molecular weight is 253 g/mol. The van der Waals surface area contributed by atoms with Crippen molar-refractivity contribution in [3.63, 3.8) is 0 Å². The Labute approximate surface area is 107 Å². The topological polar surface area (TPSA) is 43.7 Å². The van der Waals surface area contributed by atoms with Crippen LogP contribution in [0.1, 0.15) is 30.9 Å². The molecule has 0 heterocycles. The van der Waals surface area contributed by atoms with E-state index >= 15 is 0 Å². The first-order chi connectivity index (χ1) is 8.72. The molecule has 0 amide bonds. The number of hydrogen-bond donors (Lipinski definition) is 2. The van der Waals surface area contributed by atoms with E-state index in [9.17, 15) is 9.50 Å². The van der Waals surface area contributed by atoms with Crippen molar-refractivity contribution in [2.24, 2.45) is 0 Å². The summed E-state index contributed by atoms with van der Waals surface area (Å²) in [6.07, 6.45) is 2.05. The summed E-state index contributed by atoms with van der Waals surface area (Å²) in [7, 11) is 0. The molecule has 0 spiro atoms. The highest BCUT2D eigenvalue weighted by atomic mass is 19.1. The van der Waals surface area contributed by atoms with Gasteiger partial charge < -0.3 is 10.2 Å². The van der Waals surface area contributed by atoms with Gasteiger partial charge in [0.2, 0.25) is 0 Å². The normalized spacial score (nSPS) is 17.1. The van der Waals surface area contributed by atoms with Crippen LogP contribution in [0.15, 0.2) is 24.3 Å². The molecule has 0 aromatic heterocycles. The van der Waals surface area contributed by atoms with Crippen LogP contribution in [-0.4, -0.2) is 40.9 Å². The predicted molar refractivity (Wildman–Crippen MR) is 67.7 cm³/mol. The molecule has 1 atom stereocenters. The number of rotatable bonds is 7. The van der Waals surface area contributed by atoms with E-state index < -0.39 is 6.10 Å². The fourth-order valence-corrected chi connectivity index (χ4v) is 2.23. The molecule has 3 nitrogen and oxygen atoms in total. The van der Waals surface area contributed by atoms with Crippen molar-refractivity contribution in [2.75, 3.05) is 19.7 Å². The summed E-state index contributed by atoms with van der Waals surface area (Å²) in [6.45, 7) is 1.46. The summed E-state index contributed by atoms with van der Waals surface area (Å²) in [4.78, 5) is 2.17. The van der Waals surface area contributed by atoms with Crippen LogP contribution in [0.25, 0.3) is 0 Å². The van der Waals surface area contributed by atoms with Gasteiger partial charge in [-0.2, -0.15) is 0 Å². The summed E-state index contributed by atoms with van der Waals surface area (Å²) in [5, 5.41) is 19.0. The predicted octanol–water partition coefficient (Wildman–Crippen LogP) is 1.71. The monoisotopic (exact) mass is 253 g/mol. The maximum Gasteiger partial charge on any atom is 0.128 e. The Kier molecular flexibility index (Phi) is 4.69. The highest BCUT2D eigenvalue weighted by Gasteiger charge is 2.28. The molecular formula is C14H20FNO2. The molecule has 0 saturated heterocycles. The molecule has 100 valence electrons. The first-order valence-corrected chi connectivity index (χ1v) is 6.49. The van der Waals surface area contributed by atoms with Crippen LogP contribution in [0.3, 0.4) is 0 Å². The molecule has 0 radical (unpaired) electrons. The fraction of sp³-hybridized carbons (Fsp3) is 0.571. The van der Waals surface area contributed by atoms with Gasteiger partial charge in [-0.25, -0.2) is 4.39 Å². The van der Waals surface area contributed by atoms with Crippen molar-refractivity contribution in [1.29, 1.82) is 0 Å². The third kappa shape index (κ3) is 3.51. The van der Waals surface area contributed by atoms with E-state index in [1.165, 1.54) is 6.07 Å². The van der Waals surface area contributed by atoms with Crippen molar-refractivity contribution in [1.82, 2.24) is 4.90 Å². The summed E-state index contributed by atoms with van der Waals surface area (Å²) < 4.78 is 13.5. The Hall–Kier alpha value is -0.970. The van der Waals surface area contributed by atoms with Crippen molar-refractivity contribution in [2.45, 2.75) is 31.4 Å². The molecule has 0 aliphatic heterocycles. The molecule has 18 heavy (non-hydrogen) atoms. The first kappa shape index (κ1) is 13.5. The lowest BCUT2D eigenvalue weighted by Crippen LogP contribution is -2.31. The summed E-state index contributed by atoms with van der Waals surface area (Å²) in [5.74, 6) is -0.356. The number of nitrogens with zero attached hydrogens (tertiary/aromatic N) is 1. The lowest BCUT2D eigenvalue weighted by molar-refractivity contribution is 0.125. The SMILES string of the molecule is OCCN(CCC(O)c1ccccc1F)C1CC1. The molecule has 4 heteroatoms. The van der Waals surface area contributed by atoms with Crippen LogP contribution in [0.2, 0.25) is 0 Å². The lowest BCUT2D eigenvalue weighted by atomic mass is 10.1. The number of hydrogen-bond acceptors (Lipinski definition) is 3. The van der Waals surface area contributed by atoms with Crippen LogP contribution in [0.5, 0.6) is 0 Å². The Balaban J connectivity index is 1.87. The average Bonchev–Trinajstić information content (AvgIpc) is 3.19. The maximum atomic E-state index is 13.5. The highest BCUT2D eigenvalue weighted by molar-refractivity contribution is 5.19. The minimum atomic E-state index is -0.772. The highest BCUT2D eigenvalue weighted by Crippen LogP contribution is 2.28. The van der Waals surface area contributed by atoms with Gasteiger partial charge in [0.25, 0.3) is 0 Å². The second kappa shape index (κ2) is 6.27. The van der Waals surface area contributed by atoms with E-state index in [1.54, 1.807) is 18.2 Å². The molecule has 2 N–H and O–H groups in total. The van der Waals surface area contributed by atoms with Crippen LogP contribution < -0.4 is 0 Å². The third-order valence-corrected chi connectivity index (χ3v) is 3.40. The molecule has 1 aliphatic rings. The number of benzene rings is 1. The molecule has 1 unspecified atom stereocenters. The molecule has 1 aliphatic carbocycles. The van der Waals surface area contributed by atoms with Gasteiger partial charge in [0.1, 0.15) is 5.82 Å². The van der Waals surface area contributed by atoms with Gasteiger partial charge in [-0.1, -0.05) is 18.2 Å². The van der Waals surface area contributed by atoms with Crippen LogP contribution in [0.4, 0.5) is 4.39 Å². The standard InChI is InChI=1S/C14H20FNO2/c15-13-4-2-1-3-12(13)14(18)7-8-16(9-10-17)11-5-6-11/h1-4,11,14,17-18H,5-10H2. The fourth-order valence-electron chi connectivity index (χ4n) is 2.23. The van der Waals surface area contributed by atoms with Crippen molar-refractivity contribution < 1.29 is 14.6 Å². The molecule has 1 aromatic carbocycles. The second-order valence-electron chi connectivity index (χ2n) is 4.82. The van der Waals surface area contributed by atoms with Gasteiger partial charge in [-0.15, -0.1) is 0 Å². The van der Waals surface area contributed by atoms with Crippen molar-refractivity contribution in [3.05, 3.63) is 35.6 Å². The van der Waals surface area contributed by atoms with E-state index in [0.29, 0.717) is 31.1 Å². The second-order valence-corrected chi connectivity index (χ2v) is 4.82. The van der Waals surface area contributed by atoms with Gasteiger partial charge in [-0.3, -0.25) is 4.90 Å². The van der Waals surface area contributed by atoms with Crippen LogP contribution in [-0.2, 0) is 0 Å². The number of aliphatic hydroxyl groups is 2. The quantitative estimate of drug-likeness (QED) is 0.777. The smallest absolute Gasteiger partial charge is 0.128 e. The van der Waals surface area contributed by atoms with Crippen molar-refractivity contribution >= 4 is 0 Å². The largest absolute Gasteiger partial charge is 0.395 e. The minimum Gasteiger partial charge on any atom is -0.395 e. The molecule has 1 aromatic rings.